The van der Waals surface area contributed by atoms with E-state index in [1.54, 1.807) is 0 Å². The molecule has 0 aliphatic heterocycles. The van der Waals surface area contributed by atoms with E-state index in [9.17, 15) is 9.90 Å². The monoisotopic (exact) mass is 397 g/mol. The molecule has 0 rings (SSSR count). The van der Waals surface area contributed by atoms with Gasteiger partial charge in [-0.25, -0.2) is 0 Å². The third-order valence-electron chi connectivity index (χ3n) is 5.39. The maximum atomic E-state index is 12.1. The third kappa shape index (κ3) is 16.1. The predicted octanol–water partition coefficient (Wildman–Crippen LogP) is 5.55. The summed E-state index contributed by atoms with van der Waals surface area (Å²) >= 11 is 0. The number of rotatable bonds is 18. The van der Waals surface area contributed by atoms with Gasteiger partial charge < -0.3 is 14.9 Å². The second-order valence-corrected chi connectivity index (χ2v) is 9.12. The molecule has 2 N–H and O–H groups in total. The van der Waals surface area contributed by atoms with Crippen molar-refractivity contribution in [3.8, 4) is 0 Å². The Morgan fingerprint density at radius 1 is 0.929 bits per heavy atom. The van der Waals surface area contributed by atoms with Gasteiger partial charge in [-0.15, -0.1) is 0 Å². The topological polar surface area (TPSA) is 49.3 Å². The summed E-state index contributed by atoms with van der Waals surface area (Å²) in [6, 6.07) is 0. The molecule has 28 heavy (non-hydrogen) atoms. The van der Waals surface area contributed by atoms with Crippen molar-refractivity contribution in [1.29, 1.82) is 0 Å². The first-order valence-corrected chi connectivity index (χ1v) is 11.7. The van der Waals surface area contributed by atoms with E-state index in [1.165, 1.54) is 38.5 Å². The predicted molar refractivity (Wildman–Crippen MR) is 121 cm³/mol. The average Bonchev–Trinajstić information content (AvgIpc) is 2.63. The van der Waals surface area contributed by atoms with Crippen molar-refractivity contribution >= 4 is 5.91 Å². The number of carbonyl (C=O) groups excluding carboxylic acids is 1. The average molecular weight is 398 g/mol. The molecule has 0 aromatic heterocycles. The van der Waals surface area contributed by atoms with Gasteiger partial charge >= 0.3 is 0 Å². The molecule has 1 amide bonds. The van der Waals surface area contributed by atoms with Gasteiger partial charge in [0, 0.05) is 12.8 Å². The number of hydrogen-bond donors (Lipinski definition) is 2. The Labute approximate surface area is 175 Å². The Morgan fingerprint density at radius 3 is 2.21 bits per heavy atom. The lowest BCUT2D eigenvalue weighted by Gasteiger charge is -2.33. The van der Waals surface area contributed by atoms with Crippen molar-refractivity contribution in [2.45, 2.75) is 116 Å². The van der Waals surface area contributed by atoms with E-state index in [2.05, 4.69) is 52.5 Å². The number of aliphatic hydroxyl groups excluding tert-OH is 1. The van der Waals surface area contributed by atoms with Crippen LogP contribution in [0, 0.1) is 0 Å². The van der Waals surface area contributed by atoms with Crippen LogP contribution in [0.25, 0.3) is 0 Å². The fourth-order valence-corrected chi connectivity index (χ4v) is 3.48. The van der Waals surface area contributed by atoms with E-state index in [1.807, 2.05) is 0 Å². The molecular weight excluding hydrogens is 348 g/mol. The summed E-state index contributed by atoms with van der Waals surface area (Å²) in [5.74, 6) is 0.191. The lowest BCUT2D eigenvalue weighted by molar-refractivity contribution is -0.898. The molecule has 0 saturated heterocycles. The molecule has 4 nitrogen and oxygen atoms in total. The Morgan fingerprint density at radius 2 is 1.57 bits per heavy atom. The SMILES string of the molecule is CCCCCC[C@@H](O)CC=CCCCCCCCC(=O)NC(CC)[N+](C)(C)C. The quantitative estimate of drug-likeness (QED) is 0.138. The molecule has 4 heteroatoms. The van der Waals surface area contributed by atoms with Gasteiger partial charge in [0.2, 0.25) is 5.91 Å². The molecule has 0 aromatic carbocycles. The number of amides is 1. The summed E-state index contributed by atoms with van der Waals surface area (Å²) in [6.07, 6.45) is 19.5. The second kappa shape index (κ2) is 17.0. The van der Waals surface area contributed by atoms with E-state index in [4.69, 9.17) is 0 Å². The van der Waals surface area contributed by atoms with E-state index in [0.29, 0.717) is 6.42 Å². The Hall–Kier alpha value is -0.870. The Kier molecular flexibility index (Phi) is 16.5. The Balaban J connectivity index is 3.55. The van der Waals surface area contributed by atoms with Crippen LogP contribution in [0.3, 0.4) is 0 Å². The highest BCUT2D eigenvalue weighted by Crippen LogP contribution is 2.11. The first-order chi connectivity index (χ1) is 13.3. The van der Waals surface area contributed by atoms with E-state index >= 15 is 0 Å². The van der Waals surface area contributed by atoms with Crippen molar-refractivity contribution < 1.29 is 14.4 Å². The smallest absolute Gasteiger partial charge is 0.224 e. The van der Waals surface area contributed by atoms with Crippen molar-refractivity contribution in [3.05, 3.63) is 12.2 Å². The lowest BCUT2D eigenvalue weighted by atomic mass is 10.1. The lowest BCUT2D eigenvalue weighted by Crippen LogP contribution is -2.54. The van der Waals surface area contributed by atoms with Crippen LogP contribution in [0.5, 0.6) is 0 Å². The molecule has 0 radical (unpaired) electrons. The molecule has 0 saturated carbocycles. The van der Waals surface area contributed by atoms with Crippen LogP contribution in [0.4, 0.5) is 0 Å². The van der Waals surface area contributed by atoms with Gasteiger partial charge in [-0.05, 0) is 32.1 Å². The van der Waals surface area contributed by atoms with Crippen molar-refractivity contribution in [3.63, 3.8) is 0 Å². The molecule has 0 heterocycles. The van der Waals surface area contributed by atoms with Gasteiger partial charge in [0.25, 0.3) is 0 Å². The number of nitrogens with zero attached hydrogens (tertiary/aromatic N) is 1. The highest BCUT2D eigenvalue weighted by atomic mass is 16.3. The van der Waals surface area contributed by atoms with Crippen LogP contribution in [0.1, 0.15) is 104 Å². The number of nitrogens with one attached hydrogen (secondary N) is 1. The minimum atomic E-state index is -0.163. The molecular formula is C24H49N2O2+. The summed E-state index contributed by atoms with van der Waals surface area (Å²) < 4.78 is 0.769. The summed E-state index contributed by atoms with van der Waals surface area (Å²) in [6.45, 7) is 4.34. The molecule has 0 bridgehead atoms. The van der Waals surface area contributed by atoms with Crippen LogP contribution < -0.4 is 5.32 Å². The van der Waals surface area contributed by atoms with Crippen molar-refractivity contribution in [2.24, 2.45) is 0 Å². The largest absolute Gasteiger partial charge is 0.393 e. The van der Waals surface area contributed by atoms with Crippen molar-refractivity contribution in [2.75, 3.05) is 21.1 Å². The summed E-state index contributed by atoms with van der Waals surface area (Å²) in [7, 11) is 6.37. The highest BCUT2D eigenvalue weighted by molar-refractivity contribution is 5.75. The molecule has 2 atom stereocenters. The maximum Gasteiger partial charge on any atom is 0.224 e. The minimum Gasteiger partial charge on any atom is -0.393 e. The number of hydrogen-bond acceptors (Lipinski definition) is 2. The number of aliphatic hydroxyl groups is 1. The fourth-order valence-electron chi connectivity index (χ4n) is 3.48. The first kappa shape index (κ1) is 27.1. The van der Waals surface area contributed by atoms with Crippen molar-refractivity contribution in [1.82, 2.24) is 5.32 Å². The number of quaternary nitrogens is 1. The minimum absolute atomic E-state index is 0.163. The zero-order valence-corrected chi connectivity index (χ0v) is 19.5. The maximum absolute atomic E-state index is 12.1. The highest BCUT2D eigenvalue weighted by Gasteiger charge is 2.22. The van der Waals surface area contributed by atoms with Crippen LogP contribution in [0.2, 0.25) is 0 Å². The molecule has 0 aromatic rings. The first-order valence-electron chi connectivity index (χ1n) is 11.7. The van der Waals surface area contributed by atoms with Crippen LogP contribution in [-0.4, -0.2) is 48.9 Å². The normalized spacial score (nSPS) is 14.4. The zero-order valence-electron chi connectivity index (χ0n) is 19.5. The zero-order chi connectivity index (χ0) is 21.3. The van der Waals surface area contributed by atoms with Gasteiger partial charge in [-0.3, -0.25) is 4.79 Å². The molecule has 0 aliphatic carbocycles. The van der Waals surface area contributed by atoms with Crippen LogP contribution >= 0.6 is 0 Å². The summed E-state index contributed by atoms with van der Waals surface area (Å²) in [4.78, 5) is 12.1. The standard InChI is InChI=1S/C24H48N2O2/c1-6-8-9-16-19-22(27)20-17-14-12-10-11-13-15-18-21-24(28)25-23(7-2)26(3,4)5/h14,17,22-23,27H,6-13,15-16,18-21H2,1-5H3/p+1/t22-,23?/m1/s1. The van der Waals surface area contributed by atoms with Gasteiger partial charge in [-0.2, -0.15) is 0 Å². The van der Waals surface area contributed by atoms with Crippen LogP contribution in [0.15, 0.2) is 12.2 Å². The number of allylic oxidation sites excluding steroid dienone is 1. The number of unbranched alkanes of at least 4 members (excludes halogenated alkanes) is 8. The molecule has 166 valence electrons. The Bertz CT molecular complexity index is 402. The van der Waals surface area contributed by atoms with Gasteiger partial charge in [-0.1, -0.05) is 70.9 Å². The molecule has 0 spiro atoms. The van der Waals surface area contributed by atoms with E-state index < -0.39 is 0 Å². The van der Waals surface area contributed by atoms with Gasteiger partial charge in [0.1, 0.15) is 0 Å². The third-order valence-corrected chi connectivity index (χ3v) is 5.39. The van der Waals surface area contributed by atoms with Crippen LogP contribution in [-0.2, 0) is 4.79 Å². The molecule has 1 unspecified atom stereocenters. The summed E-state index contributed by atoms with van der Waals surface area (Å²) in [5, 5.41) is 13.1. The van der Waals surface area contributed by atoms with E-state index in [-0.39, 0.29) is 18.2 Å². The molecule has 0 aliphatic rings. The second-order valence-electron chi connectivity index (χ2n) is 9.12. The van der Waals surface area contributed by atoms with Gasteiger partial charge in [0.15, 0.2) is 6.17 Å². The molecule has 0 fully saturated rings. The summed E-state index contributed by atoms with van der Waals surface area (Å²) in [5.41, 5.74) is 0. The number of carbonyl (C=O) groups is 1. The van der Waals surface area contributed by atoms with E-state index in [0.717, 1.165) is 49.4 Å². The van der Waals surface area contributed by atoms with Gasteiger partial charge in [0.05, 0.1) is 27.2 Å². The fraction of sp³-hybridized carbons (Fsp3) is 0.875.